The highest BCUT2D eigenvalue weighted by molar-refractivity contribution is 6.39. The molecule has 0 amide bonds. The molecule has 1 aliphatic carbocycles. The zero-order chi connectivity index (χ0) is 11.3. The second-order valence-electron chi connectivity index (χ2n) is 4.06. The number of pyridine rings is 1. The Balaban J connectivity index is 2.36. The number of hydrogen-bond acceptors (Lipinski definition) is 1. The average molecular weight is 256 g/mol. The Morgan fingerprint density at radius 2 is 1.94 bits per heavy atom. The van der Waals surface area contributed by atoms with Crippen molar-refractivity contribution in [1.29, 1.82) is 0 Å². The maximum absolute atomic E-state index is 13.6. The number of benzene rings is 1. The topological polar surface area (TPSA) is 12.9 Å². The maximum atomic E-state index is 13.6. The van der Waals surface area contributed by atoms with Crippen molar-refractivity contribution in [2.24, 2.45) is 0 Å². The molecular weight excluding hydrogens is 248 g/mol. The van der Waals surface area contributed by atoms with E-state index in [4.69, 9.17) is 23.2 Å². The molecule has 1 heterocycles. The van der Waals surface area contributed by atoms with Crippen molar-refractivity contribution < 1.29 is 4.39 Å². The van der Waals surface area contributed by atoms with Gasteiger partial charge in [-0.05, 0) is 31.0 Å². The third-order valence-electron chi connectivity index (χ3n) is 2.83. The molecule has 82 valence electrons. The minimum absolute atomic E-state index is 0.318. The standard InChI is InChI=1S/C12H8Cl2FN/c13-7-3-4-9(15)11-8(14)5-10(6-1-2-6)16-12(7)11/h3-6H,1-2H2. The van der Waals surface area contributed by atoms with Crippen LogP contribution in [0.4, 0.5) is 4.39 Å². The highest BCUT2D eigenvalue weighted by Gasteiger charge is 2.26. The highest BCUT2D eigenvalue weighted by Crippen LogP contribution is 2.42. The van der Waals surface area contributed by atoms with E-state index in [2.05, 4.69) is 4.98 Å². The lowest BCUT2D eigenvalue weighted by atomic mass is 10.1. The van der Waals surface area contributed by atoms with Gasteiger partial charge in [-0.25, -0.2) is 4.39 Å². The Labute approximate surface area is 102 Å². The van der Waals surface area contributed by atoms with E-state index < -0.39 is 0 Å². The summed E-state index contributed by atoms with van der Waals surface area (Å²) < 4.78 is 13.6. The number of hydrogen-bond donors (Lipinski definition) is 0. The summed E-state index contributed by atoms with van der Waals surface area (Å²) in [6.45, 7) is 0. The van der Waals surface area contributed by atoms with Crippen molar-refractivity contribution in [3.8, 4) is 0 Å². The van der Waals surface area contributed by atoms with Crippen LogP contribution in [0.3, 0.4) is 0 Å². The van der Waals surface area contributed by atoms with Gasteiger partial charge >= 0.3 is 0 Å². The first-order valence-electron chi connectivity index (χ1n) is 5.11. The van der Waals surface area contributed by atoms with Crippen LogP contribution in [0.15, 0.2) is 18.2 Å². The van der Waals surface area contributed by atoms with E-state index in [-0.39, 0.29) is 5.82 Å². The minimum atomic E-state index is -0.376. The third-order valence-corrected chi connectivity index (χ3v) is 3.43. The summed E-state index contributed by atoms with van der Waals surface area (Å²) >= 11 is 12.1. The Bertz CT molecular complexity index is 579. The second kappa shape index (κ2) is 3.57. The lowest BCUT2D eigenvalue weighted by Gasteiger charge is -2.06. The zero-order valence-corrected chi connectivity index (χ0v) is 9.82. The summed E-state index contributed by atoms with van der Waals surface area (Å²) in [6, 6.07) is 4.58. The SMILES string of the molecule is Fc1ccc(Cl)c2nc(C3CC3)cc(Cl)c12. The predicted molar refractivity (Wildman–Crippen MR) is 63.7 cm³/mol. The molecule has 4 heteroatoms. The van der Waals surface area contributed by atoms with Crippen LogP contribution in [0.25, 0.3) is 10.9 Å². The predicted octanol–water partition coefficient (Wildman–Crippen LogP) is 4.56. The first kappa shape index (κ1) is 10.3. The Hall–Kier alpha value is -0.860. The molecule has 0 unspecified atom stereocenters. The van der Waals surface area contributed by atoms with Crippen LogP contribution in [0, 0.1) is 5.82 Å². The van der Waals surface area contributed by atoms with Gasteiger partial charge in [-0.1, -0.05) is 23.2 Å². The van der Waals surface area contributed by atoms with Crippen LogP contribution < -0.4 is 0 Å². The molecule has 0 radical (unpaired) electrons. The molecule has 16 heavy (non-hydrogen) atoms. The first-order chi connectivity index (χ1) is 7.66. The Kier molecular flexibility index (Phi) is 2.30. The number of aromatic nitrogens is 1. The van der Waals surface area contributed by atoms with Gasteiger partial charge in [0.05, 0.1) is 20.9 Å². The summed E-state index contributed by atoms with van der Waals surface area (Å²) in [6.07, 6.45) is 2.25. The van der Waals surface area contributed by atoms with E-state index in [1.807, 2.05) is 0 Å². The van der Waals surface area contributed by atoms with Gasteiger partial charge in [0.2, 0.25) is 0 Å². The van der Waals surface area contributed by atoms with E-state index in [1.54, 1.807) is 6.07 Å². The molecule has 1 fully saturated rings. The van der Waals surface area contributed by atoms with Crippen molar-refractivity contribution >= 4 is 34.1 Å². The molecular formula is C12H8Cl2FN. The normalized spacial score (nSPS) is 15.7. The summed E-state index contributed by atoms with van der Waals surface area (Å²) in [5.41, 5.74) is 1.39. The molecule has 1 aliphatic rings. The summed E-state index contributed by atoms with van der Waals surface area (Å²) in [7, 11) is 0. The fourth-order valence-electron chi connectivity index (χ4n) is 1.83. The zero-order valence-electron chi connectivity index (χ0n) is 8.30. The van der Waals surface area contributed by atoms with Crippen LogP contribution in [-0.2, 0) is 0 Å². The van der Waals surface area contributed by atoms with Gasteiger partial charge in [0.1, 0.15) is 5.82 Å². The molecule has 0 aliphatic heterocycles. The van der Waals surface area contributed by atoms with Gasteiger partial charge in [0.25, 0.3) is 0 Å². The smallest absolute Gasteiger partial charge is 0.134 e. The number of halogens is 3. The van der Waals surface area contributed by atoms with Crippen LogP contribution in [-0.4, -0.2) is 4.98 Å². The van der Waals surface area contributed by atoms with Crippen molar-refractivity contribution in [2.45, 2.75) is 18.8 Å². The van der Waals surface area contributed by atoms with E-state index in [1.165, 1.54) is 12.1 Å². The van der Waals surface area contributed by atoms with E-state index in [0.717, 1.165) is 18.5 Å². The first-order valence-corrected chi connectivity index (χ1v) is 5.86. The monoisotopic (exact) mass is 255 g/mol. The average Bonchev–Trinajstić information content (AvgIpc) is 3.06. The fraction of sp³-hybridized carbons (Fsp3) is 0.250. The number of nitrogens with zero attached hydrogens (tertiary/aromatic N) is 1. The van der Waals surface area contributed by atoms with Crippen LogP contribution in [0.1, 0.15) is 24.5 Å². The molecule has 1 aromatic heterocycles. The molecule has 0 bridgehead atoms. The van der Waals surface area contributed by atoms with Crippen molar-refractivity contribution in [2.75, 3.05) is 0 Å². The van der Waals surface area contributed by atoms with Gasteiger partial charge in [-0.3, -0.25) is 4.98 Å². The molecule has 1 nitrogen and oxygen atoms in total. The van der Waals surface area contributed by atoms with Crippen molar-refractivity contribution in [3.05, 3.63) is 39.8 Å². The van der Waals surface area contributed by atoms with E-state index in [9.17, 15) is 4.39 Å². The van der Waals surface area contributed by atoms with Gasteiger partial charge in [0.15, 0.2) is 0 Å². The van der Waals surface area contributed by atoms with Crippen molar-refractivity contribution in [3.63, 3.8) is 0 Å². The second-order valence-corrected chi connectivity index (χ2v) is 4.87. The van der Waals surface area contributed by atoms with Gasteiger partial charge in [0, 0.05) is 11.6 Å². The largest absolute Gasteiger partial charge is 0.251 e. The lowest BCUT2D eigenvalue weighted by molar-refractivity contribution is 0.639. The van der Waals surface area contributed by atoms with Crippen LogP contribution in [0.2, 0.25) is 10.0 Å². The Morgan fingerprint density at radius 3 is 2.62 bits per heavy atom. The van der Waals surface area contributed by atoms with E-state index >= 15 is 0 Å². The van der Waals surface area contributed by atoms with Gasteiger partial charge < -0.3 is 0 Å². The molecule has 3 rings (SSSR count). The molecule has 2 aromatic rings. The summed E-state index contributed by atoms with van der Waals surface area (Å²) in [5.74, 6) is 0.0977. The molecule has 1 aromatic carbocycles. The summed E-state index contributed by atoms with van der Waals surface area (Å²) in [5, 5.41) is 1.16. The quantitative estimate of drug-likeness (QED) is 0.728. The number of rotatable bonds is 1. The van der Waals surface area contributed by atoms with E-state index in [0.29, 0.717) is 26.9 Å². The van der Waals surface area contributed by atoms with Gasteiger partial charge in [-0.15, -0.1) is 0 Å². The minimum Gasteiger partial charge on any atom is -0.251 e. The van der Waals surface area contributed by atoms with Crippen LogP contribution >= 0.6 is 23.2 Å². The van der Waals surface area contributed by atoms with Gasteiger partial charge in [-0.2, -0.15) is 0 Å². The van der Waals surface area contributed by atoms with Crippen LogP contribution in [0.5, 0.6) is 0 Å². The number of fused-ring (bicyclic) bond motifs is 1. The molecule has 0 N–H and O–H groups in total. The van der Waals surface area contributed by atoms with Crippen molar-refractivity contribution in [1.82, 2.24) is 4.98 Å². The maximum Gasteiger partial charge on any atom is 0.134 e. The lowest BCUT2D eigenvalue weighted by Crippen LogP contribution is -1.92. The highest BCUT2D eigenvalue weighted by atomic mass is 35.5. The fourth-order valence-corrected chi connectivity index (χ4v) is 2.32. The molecule has 0 saturated heterocycles. The summed E-state index contributed by atoms with van der Waals surface area (Å²) in [4.78, 5) is 4.40. The molecule has 0 atom stereocenters. The molecule has 0 spiro atoms. The third kappa shape index (κ3) is 1.57. The Morgan fingerprint density at radius 1 is 1.19 bits per heavy atom. The molecule has 1 saturated carbocycles.